The van der Waals surface area contributed by atoms with Crippen molar-refractivity contribution < 1.29 is 0 Å². The lowest BCUT2D eigenvalue weighted by Crippen LogP contribution is -1.90. The highest BCUT2D eigenvalue weighted by Gasteiger charge is 2.11. The number of hydrogen-bond acceptors (Lipinski definition) is 3. The molecule has 0 aliphatic rings. The molecule has 0 aliphatic carbocycles. The summed E-state index contributed by atoms with van der Waals surface area (Å²) in [5.74, 6) is 0.673. The van der Waals surface area contributed by atoms with E-state index in [4.69, 9.17) is 11.6 Å². The van der Waals surface area contributed by atoms with Crippen LogP contribution in [0.2, 0.25) is 5.15 Å². The van der Waals surface area contributed by atoms with Crippen LogP contribution < -0.4 is 0 Å². The molecular formula is C16H8BrClN2S. The van der Waals surface area contributed by atoms with Gasteiger partial charge >= 0.3 is 0 Å². The summed E-state index contributed by atoms with van der Waals surface area (Å²) in [6, 6.07) is 16.2. The summed E-state index contributed by atoms with van der Waals surface area (Å²) in [5.41, 5.74) is 0.844. The fourth-order valence-electron chi connectivity index (χ4n) is 2.27. The molecule has 0 spiro atoms. The summed E-state index contributed by atoms with van der Waals surface area (Å²) in [5, 5.41) is 2.55. The Kier molecular flexibility index (Phi) is 3.17. The first-order valence-electron chi connectivity index (χ1n) is 6.32. The van der Waals surface area contributed by atoms with Crippen molar-refractivity contribution in [3.8, 4) is 10.7 Å². The summed E-state index contributed by atoms with van der Waals surface area (Å²) in [6.45, 7) is 0. The second-order valence-corrected chi connectivity index (χ2v) is 7.01. The summed E-state index contributed by atoms with van der Waals surface area (Å²) < 4.78 is 2.20. The molecule has 0 fully saturated rings. The molecule has 0 amide bonds. The van der Waals surface area contributed by atoms with E-state index in [2.05, 4.69) is 44.1 Å². The lowest BCUT2D eigenvalue weighted by molar-refractivity contribution is 1.24. The van der Waals surface area contributed by atoms with Gasteiger partial charge in [0.25, 0.3) is 0 Å². The molecule has 0 saturated carbocycles. The second-order valence-electron chi connectivity index (χ2n) is 4.65. The Labute approximate surface area is 138 Å². The predicted molar refractivity (Wildman–Crippen MR) is 93.1 cm³/mol. The van der Waals surface area contributed by atoms with Crippen molar-refractivity contribution >= 4 is 59.9 Å². The molecule has 0 N–H and O–H groups in total. The Morgan fingerprint density at radius 1 is 1.00 bits per heavy atom. The molecule has 102 valence electrons. The first-order chi connectivity index (χ1) is 10.2. The van der Waals surface area contributed by atoms with E-state index < -0.39 is 0 Å². The number of thiophene rings is 1. The van der Waals surface area contributed by atoms with Crippen LogP contribution in [0.25, 0.3) is 31.7 Å². The largest absolute Gasteiger partial charge is 0.227 e. The van der Waals surface area contributed by atoms with Gasteiger partial charge < -0.3 is 0 Å². The van der Waals surface area contributed by atoms with Crippen LogP contribution in [0.4, 0.5) is 0 Å². The topological polar surface area (TPSA) is 25.8 Å². The van der Waals surface area contributed by atoms with E-state index in [1.807, 2.05) is 30.3 Å². The van der Waals surface area contributed by atoms with Crippen LogP contribution in [-0.4, -0.2) is 9.97 Å². The van der Waals surface area contributed by atoms with E-state index in [-0.39, 0.29) is 0 Å². The summed E-state index contributed by atoms with van der Waals surface area (Å²) in [4.78, 5) is 10.1. The minimum atomic E-state index is 0.486. The van der Waals surface area contributed by atoms with E-state index >= 15 is 0 Å². The van der Waals surface area contributed by atoms with Gasteiger partial charge in [0.1, 0.15) is 5.15 Å². The average Bonchev–Trinajstić information content (AvgIpc) is 2.90. The molecule has 2 nitrogen and oxygen atoms in total. The van der Waals surface area contributed by atoms with Crippen LogP contribution in [0.3, 0.4) is 0 Å². The predicted octanol–water partition coefficient (Wildman–Crippen LogP) is 5.93. The zero-order valence-corrected chi connectivity index (χ0v) is 13.8. The van der Waals surface area contributed by atoms with Crippen molar-refractivity contribution in [2.75, 3.05) is 0 Å². The number of hydrogen-bond donors (Lipinski definition) is 0. The zero-order valence-electron chi connectivity index (χ0n) is 10.7. The number of nitrogens with zero attached hydrogens (tertiary/aromatic N) is 2. The van der Waals surface area contributed by atoms with Gasteiger partial charge in [-0.05, 0) is 35.7 Å². The van der Waals surface area contributed by atoms with Gasteiger partial charge in [-0.15, -0.1) is 11.3 Å². The molecule has 0 unspecified atom stereocenters. The van der Waals surface area contributed by atoms with Gasteiger partial charge in [0, 0.05) is 14.6 Å². The van der Waals surface area contributed by atoms with Gasteiger partial charge in [0.05, 0.1) is 10.4 Å². The van der Waals surface area contributed by atoms with E-state index in [0.29, 0.717) is 11.0 Å². The molecule has 0 radical (unpaired) electrons. The molecule has 0 saturated heterocycles. The third-order valence-electron chi connectivity index (χ3n) is 3.26. The van der Waals surface area contributed by atoms with Crippen LogP contribution in [-0.2, 0) is 0 Å². The number of halogens is 2. The fraction of sp³-hybridized carbons (Fsp3) is 0. The SMILES string of the molecule is Clc1nc(-c2cc3ccccc3s2)nc2cc(Br)ccc12. The smallest absolute Gasteiger partial charge is 0.171 e. The summed E-state index contributed by atoms with van der Waals surface area (Å²) in [7, 11) is 0. The quantitative estimate of drug-likeness (QED) is 0.385. The highest BCUT2D eigenvalue weighted by atomic mass is 79.9. The Balaban J connectivity index is 1.97. The minimum absolute atomic E-state index is 0.486. The lowest BCUT2D eigenvalue weighted by atomic mass is 10.2. The fourth-order valence-corrected chi connectivity index (χ4v) is 3.85. The van der Waals surface area contributed by atoms with Gasteiger partial charge in [-0.3, -0.25) is 0 Å². The molecule has 0 atom stereocenters. The van der Waals surface area contributed by atoms with E-state index in [1.165, 1.54) is 10.1 Å². The van der Waals surface area contributed by atoms with Crippen LogP contribution >= 0.6 is 38.9 Å². The number of rotatable bonds is 1. The Hall–Kier alpha value is -1.49. The highest BCUT2D eigenvalue weighted by molar-refractivity contribution is 9.10. The van der Waals surface area contributed by atoms with Gasteiger partial charge in [-0.25, -0.2) is 9.97 Å². The van der Waals surface area contributed by atoms with E-state index in [9.17, 15) is 0 Å². The molecule has 2 aromatic carbocycles. The maximum absolute atomic E-state index is 6.30. The van der Waals surface area contributed by atoms with Crippen LogP contribution in [0.5, 0.6) is 0 Å². The molecule has 2 heterocycles. The Morgan fingerprint density at radius 3 is 2.71 bits per heavy atom. The maximum Gasteiger partial charge on any atom is 0.171 e. The number of aromatic nitrogens is 2. The maximum atomic E-state index is 6.30. The number of fused-ring (bicyclic) bond motifs is 2. The average molecular weight is 376 g/mol. The van der Waals surface area contributed by atoms with Crippen LogP contribution in [0.15, 0.2) is 53.0 Å². The molecule has 0 bridgehead atoms. The molecule has 4 rings (SSSR count). The van der Waals surface area contributed by atoms with Gasteiger partial charge in [-0.2, -0.15) is 0 Å². The third-order valence-corrected chi connectivity index (χ3v) is 5.15. The molecule has 4 aromatic rings. The molecule has 5 heteroatoms. The summed E-state index contributed by atoms with van der Waals surface area (Å²) >= 11 is 11.4. The first-order valence-corrected chi connectivity index (χ1v) is 8.31. The Bertz CT molecular complexity index is 948. The summed E-state index contributed by atoms with van der Waals surface area (Å²) in [6.07, 6.45) is 0. The molecular weight excluding hydrogens is 368 g/mol. The van der Waals surface area contributed by atoms with Crippen LogP contribution in [0, 0.1) is 0 Å². The Morgan fingerprint density at radius 2 is 1.86 bits per heavy atom. The van der Waals surface area contributed by atoms with Crippen molar-refractivity contribution in [3.63, 3.8) is 0 Å². The molecule has 2 aromatic heterocycles. The lowest BCUT2D eigenvalue weighted by Gasteiger charge is -2.03. The van der Waals surface area contributed by atoms with Gasteiger partial charge in [-0.1, -0.05) is 45.7 Å². The van der Waals surface area contributed by atoms with Gasteiger partial charge in [0.15, 0.2) is 5.82 Å². The van der Waals surface area contributed by atoms with Crippen LogP contribution in [0.1, 0.15) is 0 Å². The van der Waals surface area contributed by atoms with Crippen molar-refractivity contribution in [1.29, 1.82) is 0 Å². The molecule has 21 heavy (non-hydrogen) atoms. The van der Waals surface area contributed by atoms with Crippen molar-refractivity contribution in [1.82, 2.24) is 9.97 Å². The van der Waals surface area contributed by atoms with Crippen molar-refractivity contribution in [3.05, 3.63) is 58.2 Å². The monoisotopic (exact) mass is 374 g/mol. The van der Waals surface area contributed by atoms with Crippen molar-refractivity contribution in [2.24, 2.45) is 0 Å². The minimum Gasteiger partial charge on any atom is -0.227 e. The highest BCUT2D eigenvalue weighted by Crippen LogP contribution is 2.33. The standard InChI is InChI=1S/C16H8BrClN2S/c17-10-5-6-11-12(8-10)19-16(20-15(11)18)14-7-9-3-1-2-4-13(9)21-14/h1-8H. The van der Waals surface area contributed by atoms with Crippen molar-refractivity contribution in [2.45, 2.75) is 0 Å². The third kappa shape index (κ3) is 2.33. The number of benzene rings is 2. The zero-order chi connectivity index (χ0) is 14.4. The molecule has 0 aliphatic heterocycles. The van der Waals surface area contributed by atoms with Gasteiger partial charge in [0.2, 0.25) is 0 Å². The second kappa shape index (κ2) is 5.05. The van der Waals surface area contributed by atoms with E-state index in [0.717, 1.165) is 20.3 Å². The first kappa shape index (κ1) is 13.2. The van der Waals surface area contributed by atoms with E-state index in [1.54, 1.807) is 11.3 Å². The normalized spacial score (nSPS) is 11.3.